The van der Waals surface area contributed by atoms with Crippen molar-refractivity contribution in [1.82, 2.24) is 15.3 Å². The van der Waals surface area contributed by atoms with Gasteiger partial charge in [-0.3, -0.25) is 0 Å². The number of nitrogens with one attached hydrogen (secondary N) is 3. The molecule has 2 atom stereocenters. The summed E-state index contributed by atoms with van der Waals surface area (Å²) in [5.74, 6) is 1.65. The molecule has 0 spiro atoms. The van der Waals surface area contributed by atoms with Crippen LogP contribution >= 0.6 is 11.3 Å². The van der Waals surface area contributed by atoms with Gasteiger partial charge in [-0.15, -0.1) is 11.3 Å². The summed E-state index contributed by atoms with van der Waals surface area (Å²) in [4.78, 5) is 12.9. The zero-order valence-electron chi connectivity index (χ0n) is 12.0. The second-order valence-electron chi connectivity index (χ2n) is 5.82. The minimum Gasteiger partial charge on any atom is -0.348 e. The van der Waals surface area contributed by atoms with Crippen molar-refractivity contribution in [2.24, 2.45) is 0 Å². The third kappa shape index (κ3) is 2.47. The number of aromatic nitrogens is 3. The lowest BCUT2D eigenvalue weighted by atomic mass is 9.92. The number of hydrogen-bond donors (Lipinski definition) is 2. The van der Waals surface area contributed by atoms with Crippen LogP contribution in [-0.4, -0.2) is 22.6 Å². The van der Waals surface area contributed by atoms with Crippen molar-refractivity contribution in [1.29, 1.82) is 0 Å². The highest BCUT2D eigenvalue weighted by atomic mass is 32.1. The van der Waals surface area contributed by atoms with Crippen molar-refractivity contribution >= 4 is 22.4 Å². The van der Waals surface area contributed by atoms with E-state index < -0.39 is 0 Å². The summed E-state index contributed by atoms with van der Waals surface area (Å²) < 4.78 is 0. The zero-order valence-corrected chi connectivity index (χ0v) is 12.8. The van der Waals surface area contributed by atoms with Gasteiger partial charge in [0.15, 0.2) is 0 Å². The number of rotatable bonds is 2. The Labute approximate surface area is 127 Å². The number of piperidine rings is 1. The van der Waals surface area contributed by atoms with Crippen LogP contribution in [0.4, 0.5) is 0 Å². The Bertz CT molecular complexity index is 747. The number of nitrogens with zero attached hydrogens (tertiary/aromatic N) is 1. The SMILES string of the molecule is CC1CC(c2nc3cc(-c4cccs4)[nH]c3c[nH+]2)CCN1. The van der Waals surface area contributed by atoms with Crippen LogP contribution in [0.2, 0.25) is 0 Å². The minimum absolute atomic E-state index is 0.533. The Morgan fingerprint density at radius 2 is 2.38 bits per heavy atom. The van der Waals surface area contributed by atoms with Crippen molar-refractivity contribution in [3.05, 3.63) is 35.6 Å². The lowest BCUT2D eigenvalue weighted by molar-refractivity contribution is -0.397. The first-order valence-corrected chi connectivity index (χ1v) is 8.36. The van der Waals surface area contributed by atoms with E-state index in [-0.39, 0.29) is 0 Å². The lowest BCUT2D eigenvalue weighted by Gasteiger charge is -2.24. The number of aromatic amines is 2. The molecule has 1 saturated heterocycles. The van der Waals surface area contributed by atoms with Crippen molar-refractivity contribution in [3.8, 4) is 10.6 Å². The molecule has 1 aliphatic heterocycles. The van der Waals surface area contributed by atoms with Gasteiger partial charge >= 0.3 is 0 Å². The third-order valence-electron chi connectivity index (χ3n) is 4.23. The van der Waals surface area contributed by atoms with Crippen LogP contribution < -0.4 is 10.3 Å². The number of H-pyrrole nitrogens is 2. The summed E-state index contributed by atoms with van der Waals surface area (Å²) in [6.45, 7) is 3.32. The van der Waals surface area contributed by atoms with Crippen LogP contribution in [0.25, 0.3) is 21.6 Å². The molecule has 5 heteroatoms. The molecule has 1 aliphatic rings. The lowest BCUT2D eigenvalue weighted by Crippen LogP contribution is -2.36. The normalized spacial score (nSPS) is 22.7. The van der Waals surface area contributed by atoms with Gasteiger partial charge in [0.05, 0.1) is 16.5 Å². The molecule has 0 saturated carbocycles. The van der Waals surface area contributed by atoms with Crippen LogP contribution in [0, 0.1) is 0 Å². The Kier molecular flexibility index (Phi) is 3.24. The fourth-order valence-corrected chi connectivity index (χ4v) is 3.82. The summed E-state index contributed by atoms with van der Waals surface area (Å²) in [5, 5.41) is 5.59. The standard InChI is InChI=1S/C16H18N4S/c1-10-7-11(4-5-17-10)16-18-9-14-12(20-16)8-13(19-14)15-3-2-6-21-15/h2-3,6,8-11,17,19H,4-5,7H2,1H3/p+1. The molecule has 1 fully saturated rings. The van der Waals surface area contributed by atoms with E-state index in [1.54, 1.807) is 11.3 Å². The average Bonchev–Trinajstić information content (AvgIpc) is 3.15. The molecule has 4 rings (SSSR count). The van der Waals surface area contributed by atoms with E-state index in [2.05, 4.69) is 52.0 Å². The van der Waals surface area contributed by atoms with Crippen LogP contribution in [0.3, 0.4) is 0 Å². The molecular weight excluding hydrogens is 280 g/mol. The second kappa shape index (κ2) is 5.24. The highest BCUT2D eigenvalue weighted by Gasteiger charge is 2.27. The second-order valence-corrected chi connectivity index (χ2v) is 6.77. The fourth-order valence-electron chi connectivity index (χ4n) is 3.12. The summed E-state index contributed by atoms with van der Waals surface area (Å²) in [6.07, 6.45) is 4.36. The Morgan fingerprint density at radius 3 is 3.19 bits per heavy atom. The molecule has 0 amide bonds. The van der Waals surface area contributed by atoms with Crippen LogP contribution in [0.1, 0.15) is 31.5 Å². The Hall–Kier alpha value is -1.72. The van der Waals surface area contributed by atoms with Gasteiger partial charge in [0.1, 0.15) is 11.7 Å². The molecule has 4 heterocycles. The fraction of sp³-hybridized carbons (Fsp3) is 0.375. The van der Waals surface area contributed by atoms with E-state index in [9.17, 15) is 0 Å². The largest absolute Gasteiger partial charge is 0.348 e. The highest BCUT2D eigenvalue weighted by Crippen LogP contribution is 2.28. The molecule has 21 heavy (non-hydrogen) atoms. The first-order valence-electron chi connectivity index (χ1n) is 7.48. The molecular formula is C16H19N4S+. The third-order valence-corrected chi connectivity index (χ3v) is 5.13. The summed E-state index contributed by atoms with van der Waals surface area (Å²) in [5.41, 5.74) is 3.28. The van der Waals surface area contributed by atoms with Crippen LogP contribution in [-0.2, 0) is 0 Å². The van der Waals surface area contributed by atoms with Gasteiger partial charge in [-0.1, -0.05) is 6.07 Å². The van der Waals surface area contributed by atoms with Gasteiger partial charge in [-0.2, -0.15) is 0 Å². The van der Waals surface area contributed by atoms with E-state index in [0.29, 0.717) is 12.0 Å². The van der Waals surface area contributed by atoms with Gasteiger partial charge in [-0.25, -0.2) is 4.98 Å². The molecule has 2 unspecified atom stereocenters. The smallest absolute Gasteiger partial charge is 0.300 e. The predicted molar refractivity (Wildman–Crippen MR) is 85.4 cm³/mol. The highest BCUT2D eigenvalue weighted by molar-refractivity contribution is 7.13. The molecule has 3 N–H and O–H groups in total. The molecule has 0 radical (unpaired) electrons. The van der Waals surface area contributed by atoms with Crippen LogP contribution in [0.15, 0.2) is 29.8 Å². The maximum absolute atomic E-state index is 4.85. The number of fused-ring (bicyclic) bond motifs is 1. The van der Waals surface area contributed by atoms with Crippen molar-refractivity contribution in [3.63, 3.8) is 0 Å². The molecule has 0 aromatic carbocycles. The van der Waals surface area contributed by atoms with E-state index in [1.807, 2.05) is 0 Å². The number of hydrogen-bond acceptors (Lipinski definition) is 3. The summed E-state index contributed by atoms with van der Waals surface area (Å²) >= 11 is 1.75. The molecule has 0 aliphatic carbocycles. The van der Waals surface area contributed by atoms with E-state index in [0.717, 1.165) is 41.9 Å². The van der Waals surface area contributed by atoms with Gasteiger partial charge in [-0.05, 0) is 42.7 Å². The van der Waals surface area contributed by atoms with Crippen molar-refractivity contribution < 1.29 is 4.98 Å². The molecule has 4 nitrogen and oxygen atoms in total. The van der Waals surface area contributed by atoms with Crippen molar-refractivity contribution in [2.75, 3.05) is 6.54 Å². The topological polar surface area (TPSA) is 54.9 Å². The summed E-state index contributed by atoms with van der Waals surface area (Å²) in [7, 11) is 0. The summed E-state index contributed by atoms with van der Waals surface area (Å²) in [6, 6.07) is 6.94. The monoisotopic (exact) mass is 299 g/mol. The zero-order chi connectivity index (χ0) is 14.2. The molecule has 0 bridgehead atoms. The van der Waals surface area contributed by atoms with E-state index in [1.165, 1.54) is 4.88 Å². The van der Waals surface area contributed by atoms with Gasteiger partial charge in [0, 0.05) is 12.1 Å². The Balaban J connectivity index is 1.69. The predicted octanol–water partition coefficient (Wildman–Crippen LogP) is 2.96. The Morgan fingerprint density at radius 1 is 1.43 bits per heavy atom. The first kappa shape index (κ1) is 13.0. The quantitative estimate of drug-likeness (QED) is 0.764. The first-order chi connectivity index (χ1) is 10.3. The van der Waals surface area contributed by atoms with Crippen molar-refractivity contribution in [2.45, 2.75) is 31.7 Å². The number of thiophene rings is 1. The molecule has 3 aromatic rings. The maximum Gasteiger partial charge on any atom is 0.300 e. The molecule has 3 aromatic heterocycles. The van der Waals surface area contributed by atoms with E-state index >= 15 is 0 Å². The van der Waals surface area contributed by atoms with E-state index in [4.69, 9.17) is 4.98 Å². The van der Waals surface area contributed by atoms with Gasteiger partial charge in [0.25, 0.3) is 5.82 Å². The average molecular weight is 299 g/mol. The van der Waals surface area contributed by atoms with Gasteiger partial charge in [0.2, 0.25) is 5.52 Å². The maximum atomic E-state index is 4.85. The minimum atomic E-state index is 0.533. The van der Waals surface area contributed by atoms with Crippen LogP contribution in [0.5, 0.6) is 0 Å². The molecule has 108 valence electrons. The van der Waals surface area contributed by atoms with Gasteiger partial charge < -0.3 is 10.3 Å².